The van der Waals surface area contributed by atoms with Crippen molar-refractivity contribution < 1.29 is 8.42 Å². The molecule has 2 N–H and O–H groups in total. The molecular formula is C13H13ClIN3O2S. The van der Waals surface area contributed by atoms with Gasteiger partial charge in [-0.2, -0.15) is 8.42 Å². The van der Waals surface area contributed by atoms with E-state index in [0.717, 1.165) is 9.13 Å². The zero-order chi connectivity index (χ0) is 15.5. The molecule has 0 atom stereocenters. The van der Waals surface area contributed by atoms with Gasteiger partial charge in [-0.05, 0) is 59.5 Å². The van der Waals surface area contributed by atoms with E-state index in [1.165, 1.54) is 12.3 Å². The van der Waals surface area contributed by atoms with Gasteiger partial charge in [-0.1, -0.05) is 17.7 Å². The minimum atomic E-state index is -3.75. The van der Waals surface area contributed by atoms with Gasteiger partial charge in [0.05, 0.1) is 10.7 Å². The van der Waals surface area contributed by atoms with Crippen LogP contribution in [0.25, 0.3) is 0 Å². The SMILES string of the molecule is CNCc1ccc(S(=O)(=O)Nc2ccc(I)cc2Cl)nc1. The van der Waals surface area contributed by atoms with Gasteiger partial charge < -0.3 is 5.32 Å². The van der Waals surface area contributed by atoms with E-state index in [0.29, 0.717) is 17.3 Å². The van der Waals surface area contributed by atoms with Gasteiger partial charge in [0, 0.05) is 16.3 Å². The normalized spacial score (nSPS) is 11.4. The van der Waals surface area contributed by atoms with Crippen LogP contribution in [0.4, 0.5) is 5.69 Å². The Hall–Kier alpha value is -0.900. The minimum absolute atomic E-state index is 0.0445. The molecule has 0 saturated carbocycles. The van der Waals surface area contributed by atoms with Gasteiger partial charge in [-0.3, -0.25) is 4.72 Å². The van der Waals surface area contributed by atoms with Crippen molar-refractivity contribution in [3.05, 3.63) is 50.7 Å². The molecule has 0 aliphatic rings. The molecule has 8 heteroatoms. The highest BCUT2D eigenvalue weighted by Crippen LogP contribution is 2.26. The number of rotatable bonds is 5. The Morgan fingerprint density at radius 3 is 2.62 bits per heavy atom. The van der Waals surface area contributed by atoms with Gasteiger partial charge in [0.1, 0.15) is 0 Å². The second-order valence-corrected chi connectivity index (χ2v) is 7.55. The Bertz CT molecular complexity index is 736. The van der Waals surface area contributed by atoms with E-state index in [1.807, 2.05) is 7.05 Å². The maximum atomic E-state index is 12.3. The number of nitrogens with zero attached hydrogens (tertiary/aromatic N) is 1. The number of pyridine rings is 1. The molecule has 0 saturated heterocycles. The zero-order valence-electron chi connectivity index (χ0n) is 11.1. The molecule has 0 aliphatic carbocycles. The lowest BCUT2D eigenvalue weighted by Crippen LogP contribution is -2.15. The smallest absolute Gasteiger partial charge is 0.279 e. The third-order valence-corrected chi connectivity index (χ3v) is 4.89. The van der Waals surface area contributed by atoms with Crippen LogP contribution in [0, 0.1) is 3.57 Å². The first kappa shape index (κ1) is 16.5. The average molecular weight is 438 g/mol. The number of halogens is 2. The molecule has 0 spiro atoms. The number of hydrogen-bond donors (Lipinski definition) is 2. The van der Waals surface area contributed by atoms with Crippen molar-refractivity contribution in [3.63, 3.8) is 0 Å². The number of sulfonamides is 1. The highest BCUT2D eigenvalue weighted by molar-refractivity contribution is 14.1. The average Bonchev–Trinajstić information content (AvgIpc) is 2.43. The van der Waals surface area contributed by atoms with Crippen LogP contribution in [0.3, 0.4) is 0 Å². The van der Waals surface area contributed by atoms with Gasteiger partial charge in [0.2, 0.25) is 0 Å². The lowest BCUT2D eigenvalue weighted by molar-refractivity contribution is 0.597. The first-order valence-corrected chi connectivity index (χ1v) is 8.94. The summed E-state index contributed by atoms with van der Waals surface area (Å²) in [5.41, 5.74) is 1.24. The van der Waals surface area contributed by atoms with Crippen molar-refractivity contribution in [2.24, 2.45) is 0 Å². The predicted molar refractivity (Wildman–Crippen MR) is 92.0 cm³/mol. The van der Waals surface area contributed by atoms with Crippen molar-refractivity contribution in [1.82, 2.24) is 10.3 Å². The van der Waals surface area contributed by atoms with E-state index in [1.54, 1.807) is 24.3 Å². The van der Waals surface area contributed by atoms with E-state index >= 15 is 0 Å². The molecule has 21 heavy (non-hydrogen) atoms. The second-order valence-electron chi connectivity index (χ2n) is 4.26. The summed E-state index contributed by atoms with van der Waals surface area (Å²) in [5, 5.41) is 3.27. The van der Waals surface area contributed by atoms with Crippen LogP contribution >= 0.6 is 34.2 Å². The summed E-state index contributed by atoms with van der Waals surface area (Å²) in [5.74, 6) is 0. The lowest BCUT2D eigenvalue weighted by Gasteiger charge is -2.09. The fraction of sp³-hybridized carbons (Fsp3) is 0.154. The Labute approximate surface area is 142 Å². The maximum absolute atomic E-state index is 12.3. The van der Waals surface area contributed by atoms with Crippen molar-refractivity contribution in [3.8, 4) is 0 Å². The molecule has 0 amide bonds. The molecule has 5 nitrogen and oxygen atoms in total. The summed E-state index contributed by atoms with van der Waals surface area (Å²) < 4.78 is 27.9. The zero-order valence-corrected chi connectivity index (χ0v) is 14.8. The van der Waals surface area contributed by atoms with Crippen molar-refractivity contribution in [2.75, 3.05) is 11.8 Å². The van der Waals surface area contributed by atoms with E-state index in [-0.39, 0.29) is 5.03 Å². The van der Waals surface area contributed by atoms with Crippen molar-refractivity contribution >= 4 is 49.9 Å². The van der Waals surface area contributed by atoms with E-state index in [9.17, 15) is 8.42 Å². The molecule has 1 aromatic carbocycles. The lowest BCUT2D eigenvalue weighted by atomic mass is 10.3. The summed E-state index contributed by atoms with van der Waals surface area (Å²) in [4.78, 5) is 3.98. The topological polar surface area (TPSA) is 71.1 Å². The first-order valence-electron chi connectivity index (χ1n) is 6.00. The fourth-order valence-electron chi connectivity index (χ4n) is 1.65. The molecule has 2 rings (SSSR count). The molecule has 2 aromatic rings. The molecule has 0 fully saturated rings. The summed E-state index contributed by atoms with van der Waals surface area (Å²) in [6.07, 6.45) is 1.53. The molecule has 0 radical (unpaired) electrons. The number of aromatic nitrogens is 1. The second kappa shape index (κ2) is 6.91. The number of benzene rings is 1. The Morgan fingerprint density at radius 1 is 1.29 bits per heavy atom. The van der Waals surface area contributed by atoms with Gasteiger partial charge >= 0.3 is 0 Å². The summed E-state index contributed by atoms with van der Waals surface area (Å²) >= 11 is 8.13. The van der Waals surface area contributed by atoms with Crippen molar-refractivity contribution in [1.29, 1.82) is 0 Å². The molecule has 1 aromatic heterocycles. The van der Waals surface area contributed by atoms with Gasteiger partial charge in [-0.25, -0.2) is 4.98 Å². The van der Waals surface area contributed by atoms with E-state index in [4.69, 9.17) is 11.6 Å². The summed E-state index contributed by atoms with van der Waals surface area (Å²) in [6.45, 7) is 0.629. The largest absolute Gasteiger partial charge is 0.316 e. The third-order valence-electron chi connectivity index (χ3n) is 2.63. The van der Waals surface area contributed by atoms with E-state index in [2.05, 4.69) is 37.6 Å². The summed E-state index contributed by atoms with van der Waals surface area (Å²) in [6, 6.07) is 8.26. The van der Waals surface area contributed by atoms with Gasteiger partial charge in [0.15, 0.2) is 5.03 Å². The third kappa shape index (κ3) is 4.29. The number of nitrogens with one attached hydrogen (secondary N) is 2. The first-order chi connectivity index (χ1) is 9.92. The fourth-order valence-corrected chi connectivity index (χ4v) is 3.62. The molecule has 0 bridgehead atoms. The maximum Gasteiger partial charge on any atom is 0.279 e. The molecule has 0 aliphatic heterocycles. The Balaban J connectivity index is 2.25. The highest BCUT2D eigenvalue weighted by Gasteiger charge is 2.17. The predicted octanol–water partition coefficient (Wildman–Crippen LogP) is 2.86. The highest BCUT2D eigenvalue weighted by atomic mass is 127. The van der Waals surface area contributed by atoms with Crippen LogP contribution in [-0.4, -0.2) is 20.4 Å². The molecule has 0 unspecified atom stereocenters. The van der Waals surface area contributed by atoms with Crippen LogP contribution in [0.15, 0.2) is 41.6 Å². The van der Waals surface area contributed by atoms with Crippen LogP contribution in [0.5, 0.6) is 0 Å². The number of hydrogen-bond acceptors (Lipinski definition) is 4. The van der Waals surface area contributed by atoms with Gasteiger partial charge in [-0.15, -0.1) is 0 Å². The van der Waals surface area contributed by atoms with Crippen LogP contribution < -0.4 is 10.0 Å². The quantitative estimate of drug-likeness (QED) is 0.706. The Morgan fingerprint density at radius 2 is 2.05 bits per heavy atom. The molecular weight excluding hydrogens is 425 g/mol. The van der Waals surface area contributed by atoms with E-state index < -0.39 is 10.0 Å². The van der Waals surface area contributed by atoms with Crippen LogP contribution in [-0.2, 0) is 16.6 Å². The van der Waals surface area contributed by atoms with Gasteiger partial charge in [0.25, 0.3) is 10.0 Å². The van der Waals surface area contributed by atoms with Crippen LogP contribution in [0.1, 0.15) is 5.56 Å². The monoisotopic (exact) mass is 437 g/mol. The molecule has 1 heterocycles. The number of anilines is 1. The summed E-state index contributed by atoms with van der Waals surface area (Å²) in [7, 11) is -1.94. The Kier molecular flexibility index (Phi) is 5.42. The van der Waals surface area contributed by atoms with Crippen molar-refractivity contribution in [2.45, 2.75) is 11.6 Å². The minimum Gasteiger partial charge on any atom is -0.316 e. The molecule has 112 valence electrons. The standard InChI is InChI=1S/C13H13ClIN3O2S/c1-16-7-9-2-5-13(17-8-9)21(19,20)18-12-4-3-10(15)6-11(12)14/h2-6,8,16,18H,7H2,1H3. The van der Waals surface area contributed by atoms with Crippen LogP contribution in [0.2, 0.25) is 5.02 Å².